The standard InChI is InChI=1S/C19H16N4O5S/c24-17(14-2-1-7-26-14)22-18-21-12-5-6-23(9-16(12)29-18)19(25)20-11-3-4-13-15(8-11)28-10-27-13/h1-4,7-8H,5-6,9-10H2,(H,20,25)(H,21,22,24). The topological polar surface area (TPSA) is 106 Å². The SMILES string of the molecule is O=C(Nc1nc2c(s1)CN(C(=O)Nc1ccc3c(c1)OCO3)CC2)c1ccco1. The summed E-state index contributed by atoms with van der Waals surface area (Å²) in [4.78, 5) is 31.9. The number of ether oxygens (including phenoxy) is 2. The summed E-state index contributed by atoms with van der Waals surface area (Å²) in [7, 11) is 0. The van der Waals surface area contributed by atoms with Crippen LogP contribution in [0.5, 0.6) is 11.5 Å². The van der Waals surface area contributed by atoms with E-state index < -0.39 is 0 Å². The van der Waals surface area contributed by atoms with Crippen molar-refractivity contribution in [2.45, 2.75) is 13.0 Å². The van der Waals surface area contributed by atoms with E-state index in [1.165, 1.54) is 17.6 Å². The number of aromatic nitrogens is 1. The average molecular weight is 412 g/mol. The summed E-state index contributed by atoms with van der Waals surface area (Å²) in [6.45, 7) is 1.16. The van der Waals surface area contributed by atoms with Gasteiger partial charge in [0.2, 0.25) is 6.79 Å². The van der Waals surface area contributed by atoms with Crippen molar-refractivity contribution in [3.05, 3.63) is 52.9 Å². The largest absolute Gasteiger partial charge is 0.459 e. The van der Waals surface area contributed by atoms with E-state index in [1.807, 2.05) is 0 Å². The highest BCUT2D eigenvalue weighted by Crippen LogP contribution is 2.34. The monoisotopic (exact) mass is 412 g/mol. The molecule has 29 heavy (non-hydrogen) atoms. The number of carbonyl (C=O) groups excluding carboxylic acids is 2. The maximum absolute atomic E-state index is 12.7. The maximum atomic E-state index is 12.7. The molecule has 0 spiro atoms. The van der Waals surface area contributed by atoms with Crippen molar-refractivity contribution < 1.29 is 23.5 Å². The van der Waals surface area contributed by atoms with Gasteiger partial charge in [-0.05, 0) is 24.3 Å². The van der Waals surface area contributed by atoms with E-state index >= 15 is 0 Å². The molecular formula is C19H16N4O5S. The molecule has 0 saturated carbocycles. The second-order valence-electron chi connectivity index (χ2n) is 6.49. The summed E-state index contributed by atoms with van der Waals surface area (Å²) in [6, 6.07) is 8.32. The summed E-state index contributed by atoms with van der Waals surface area (Å²) >= 11 is 1.36. The third-order valence-corrected chi connectivity index (χ3v) is 5.61. The smallest absolute Gasteiger partial charge is 0.322 e. The van der Waals surface area contributed by atoms with Crippen molar-refractivity contribution in [2.24, 2.45) is 0 Å². The first kappa shape index (κ1) is 17.6. The molecule has 2 N–H and O–H groups in total. The number of nitrogens with zero attached hydrogens (tertiary/aromatic N) is 2. The number of benzene rings is 1. The lowest BCUT2D eigenvalue weighted by molar-refractivity contribution is 0.0996. The molecule has 9 nitrogen and oxygen atoms in total. The van der Waals surface area contributed by atoms with Gasteiger partial charge in [-0.25, -0.2) is 9.78 Å². The minimum Gasteiger partial charge on any atom is -0.459 e. The van der Waals surface area contributed by atoms with Crippen molar-refractivity contribution >= 4 is 34.1 Å². The fraction of sp³-hybridized carbons (Fsp3) is 0.211. The van der Waals surface area contributed by atoms with Gasteiger partial charge in [0.05, 0.1) is 18.5 Å². The Hall–Kier alpha value is -3.53. The number of carbonyl (C=O) groups is 2. The van der Waals surface area contributed by atoms with Gasteiger partial charge >= 0.3 is 6.03 Å². The van der Waals surface area contributed by atoms with Crippen molar-refractivity contribution in [3.8, 4) is 11.5 Å². The molecule has 0 bridgehead atoms. The predicted octanol–water partition coefficient (Wildman–Crippen LogP) is 3.31. The van der Waals surface area contributed by atoms with E-state index in [9.17, 15) is 9.59 Å². The van der Waals surface area contributed by atoms with Crippen molar-refractivity contribution in [2.75, 3.05) is 24.0 Å². The molecule has 0 unspecified atom stereocenters. The summed E-state index contributed by atoms with van der Waals surface area (Å²) in [6.07, 6.45) is 2.06. The molecule has 0 aliphatic carbocycles. The lowest BCUT2D eigenvalue weighted by Crippen LogP contribution is -2.38. The number of hydrogen-bond acceptors (Lipinski definition) is 7. The number of nitrogens with one attached hydrogen (secondary N) is 2. The van der Waals surface area contributed by atoms with Crippen molar-refractivity contribution in [3.63, 3.8) is 0 Å². The van der Waals surface area contributed by atoms with Gasteiger partial charge in [0.25, 0.3) is 5.91 Å². The molecule has 1 aromatic carbocycles. The number of anilines is 2. The van der Waals surface area contributed by atoms with E-state index in [2.05, 4.69) is 15.6 Å². The maximum Gasteiger partial charge on any atom is 0.322 e. The molecule has 0 atom stereocenters. The summed E-state index contributed by atoms with van der Waals surface area (Å²) in [5.41, 5.74) is 1.54. The molecule has 3 amide bonds. The second-order valence-corrected chi connectivity index (χ2v) is 7.57. The Bertz CT molecular complexity index is 1080. The Labute approximate surface area is 169 Å². The first-order chi connectivity index (χ1) is 14.2. The molecule has 148 valence electrons. The summed E-state index contributed by atoms with van der Waals surface area (Å²) < 4.78 is 15.7. The molecule has 2 aromatic heterocycles. The highest BCUT2D eigenvalue weighted by Gasteiger charge is 2.25. The number of fused-ring (bicyclic) bond motifs is 2. The van der Waals surface area contributed by atoms with E-state index in [-0.39, 0.29) is 24.5 Å². The Morgan fingerprint density at radius 1 is 1.14 bits per heavy atom. The van der Waals surface area contributed by atoms with E-state index in [0.29, 0.717) is 41.8 Å². The fourth-order valence-electron chi connectivity index (χ4n) is 3.17. The van der Waals surface area contributed by atoms with Gasteiger partial charge in [-0.2, -0.15) is 0 Å². The average Bonchev–Trinajstić information content (AvgIpc) is 3.46. The van der Waals surface area contributed by atoms with Crippen LogP contribution < -0.4 is 20.1 Å². The Morgan fingerprint density at radius 3 is 2.90 bits per heavy atom. The van der Waals surface area contributed by atoms with Crippen LogP contribution in [0.25, 0.3) is 0 Å². The lowest BCUT2D eigenvalue weighted by atomic mass is 10.2. The highest BCUT2D eigenvalue weighted by molar-refractivity contribution is 7.15. The van der Waals surface area contributed by atoms with Crippen LogP contribution in [0.3, 0.4) is 0 Å². The van der Waals surface area contributed by atoms with Gasteiger partial charge in [-0.1, -0.05) is 11.3 Å². The molecule has 0 radical (unpaired) electrons. The third-order valence-electron chi connectivity index (χ3n) is 4.61. The van der Waals surface area contributed by atoms with E-state index in [1.54, 1.807) is 35.2 Å². The Balaban J connectivity index is 1.24. The molecular weight excluding hydrogens is 396 g/mol. The zero-order chi connectivity index (χ0) is 19.8. The normalized spacial score (nSPS) is 14.4. The number of amides is 3. The molecule has 2 aliphatic rings. The van der Waals surface area contributed by atoms with Crippen LogP contribution >= 0.6 is 11.3 Å². The minimum atomic E-state index is -0.349. The molecule has 2 aliphatic heterocycles. The number of hydrogen-bond donors (Lipinski definition) is 2. The molecule has 5 rings (SSSR count). The molecule has 3 aromatic rings. The highest BCUT2D eigenvalue weighted by atomic mass is 32.1. The number of urea groups is 1. The first-order valence-electron chi connectivity index (χ1n) is 8.95. The summed E-state index contributed by atoms with van der Waals surface area (Å²) in [5.74, 6) is 1.16. The third kappa shape index (κ3) is 3.49. The molecule has 4 heterocycles. The Kier molecular flexibility index (Phi) is 4.32. The first-order valence-corrected chi connectivity index (χ1v) is 9.76. The van der Waals surface area contributed by atoms with Crippen LogP contribution in [0.1, 0.15) is 21.1 Å². The van der Waals surface area contributed by atoms with Gasteiger partial charge in [0.1, 0.15) is 0 Å². The number of thiazole rings is 1. The lowest BCUT2D eigenvalue weighted by Gasteiger charge is -2.26. The molecule has 0 fully saturated rings. The molecule has 0 saturated heterocycles. The molecule has 10 heteroatoms. The number of furan rings is 1. The fourth-order valence-corrected chi connectivity index (χ4v) is 4.18. The van der Waals surface area contributed by atoms with Crippen LogP contribution in [0.4, 0.5) is 15.6 Å². The van der Waals surface area contributed by atoms with Crippen LogP contribution in [0, 0.1) is 0 Å². The summed E-state index contributed by atoms with van der Waals surface area (Å²) in [5, 5.41) is 6.12. The zero-order valence-electron chi connectivity index (χ0n) is 15.1. The minimum absolute atomic E-state index is 0.186. The van der Waals surface area contributed by atoms with Crippen LogP contribution in [-0.4, -0.2) is 35.2 Å². The quantitative estimate of drug-likeness (QED) is 0.684. The van der Waals surface area contributed by atoms with Crippen LogP contribution in [0.15, 0.2) is 41.0 Å². The van der Waals surface area contributed by atoms with E-state index in [0.717, 1.165) is 10.6 Å². The van der Waals surface area contributed by atoms with Gasteiger partial charge < -0.3 is 24.1 Å². The van der Waals surface area contributed by atoms with Gasteiger partial charge in [0, 0.05) is 29.6 Å². The predicted molar refractivity (Wildman–Crippen MR) is 104 cm³/mol. The van der Waals surface area contributed by atoms with Gasteiger partial charge in [-0.15, -0.1) is 0 Å². The zero-order valence-corrected chi connectivity index (χ0v) is 16.0. The van der Waals surface area contributed by atoms with E-state index in [4.69, 9.17) is 13.9 Å². The Morgan fingerprint density at radius 2 is 2.03 bits per heavy atom. The van der Waals surface area contributed by atoms with Crippen molar-refractivity contribution in [1.82, 2.24) is 9.88 Å². The van der Waals surface area contributed by atoms with Crippen molar-refractivity contribution in [1.29, 1.82) is 0 Å². The second kappa shape index (κ2) is 7.13. The van der Waals surface area contributed by atoms with Gasteiger partial charge in [0.15, 0.2) is 22.4 Å². The van der Waals surface area contributed by atoms with Gasteiger partial charge in [-0.3, -0.25) is 10.1 Å². The van der Waals surface area contributed by atoms with Crippen LogP contribution in [-0.2, 0) is 13.0 Å². The number of rotatable bonds is 3. The van der Waals surface area contributed by atoms with Crippen LogP contribution in [0.2, 0.25) is 0 Å².